The van der Waals surface area contributed by atoms with Gasteiger partial charge in [0.15, 0.2) is 11.6 Å². The van der Waals surface area contributed by atoms with Crippen molar-refractivity contribution >= 4 is 35.1 Å². The number of hydrogen-bond acceptors (Lipinski definition) is 8. The van der Waals surface area contributed by atoms with Crippen molar-refractivity contribution in [2.24, 2.45) is 0 Å². The molecule has 39 heavy (non-hydrogen) atoms. The molecule has 10 nitrogen and oxygen atoms in total. The zero-order valence-corrected chi connectivity index (χ0v) is 21.2. The molecule has 0 saturated carbocycles. The molecule has 3 aromatic rings. The van der Waals surface area contributed by atoms with Gasteiger partial charge in [0, 0.05) is 18.7 Å². The minimum atomic E-state index is -4.54. The summed E-state index contributed by atoms with van der Waals surface area (Å²) in [7, 11) is 0. The Hall–Kier alpha value is -3.68. The second-order valence-corrected chi connectivity index (χ2v) is 9.58. The summed E-state index contributed by atoms with van der Waals surface area (Å²) in [4.78, 5) is 29.8. The van der Waals surface area contributed by atoms with Gasteiger partial charge in [-0.1, -0.05) is 23.7 Å². The molecule has 2 aromatic heterocycles. The van der Waals surface area contributed by atoms with Crippen molar-refractivity contribution < 1.29 is 32.9 Å². The highest BCUT2D eigenvalue weighted by Gasteiger charge is 2.39. The Morgan fingerprint density at radius 2 is 2.03 bits per heavy atom. The van der Waals surface area contributed by atoms with Gasteiger partial charge in [0.2, 0.25) is 5.95 Å². The monoisotopic (exact) mass is 564 g/mol. The number of alkyl halides is 3. The number of aliphatic hydroxyl groups is 2. The SMILES string of the molecule is O=C(Nc1ncc(OC[C@@H](O)CO)cn1)N1c2nc(-c3cccc(C(F)(F)F)c3)c(Cl)cc2N2CCC[C@H]1C2. The molecule has 2 aliphatic heterocycles. The summed E-state index contributed by atoms with van der Waals surface area (Å²) in [5.41, 5.74) is 0.0763. The topological polar surface area (TPSA) is 124 Å². The number of aromatic nitrogens is 3. The van der Waals surface area contributed by atoms with E-state index < -0.39 is 30.5 Å². The summed E-state index contributed by atoms with van der Waals surface area (Å²) in [5.74, 6) is 0.494. The number of hydrogen-bond donors (Lipinski definition) is 3. The van der Waals surface area contributed by atoms with Crippen LogP contribution in [-0.4, -0.2) is 69.6 Å². The van der Waals surface area contributed by atoms with Crippen LogP contribution >= 0.6 is 11.6 Å². The fourth-order valence-corrected chi connectivity index (χ4v) is 4.85. The number of nitrogens with one attached hydrogen (secondary N) is 1. The maximum atomic E-state index is 13.5. The molecule has 206 valence electrons. The molecule has 1 fully saturated rings. The molecule has 0 spiro atoms. The number of ether oxygens (including phenoxy) is 1. The number of piperidine rings is 1. The first kappa shape index (κ1) is 26.9. The third-order valence-corrected chi connectivity index (χ3v) is 6.74. The van der Waals surface area contributed by atoms with Gasteiger partial charge in [0.05, 0.1) is 47.0 Å². The highest BCUT2D eigenvalue weighted by Crippen LogP contribution is 2.43. The van der Waals surface area contributed by atoms with Gasteiger partial charge in [-0.15, -0.1) is 0 Å². The Kier molecular flexibility index (Phi) is 7.47. The van der Waals surface area contributed by atoms with E-state index >= 15 is 0 Å². The van der Waals surface area contributed by atoms with Crippen LogP contribution in [0, 0.1) is 0 Å². The van der Waals surface area contributed by atoms with Crippen molar-refractivity contribution in [1.82, 2.24) is 15.0 Å². The molecule has 5 rings (SSSR count). The van der Waals surface area contributed by atoms with Gasteiger partial charge in [-0.05, 0) is 31.0 Å². The summed E-state index contributed by atoms with van der Waals surface area (Å²) < 4.78 is 45.3. The smallest absolute Gasteiger partial charge is 0.416 e. The largest absolute Gasteiger partial charge is 0.488 e. The van der Waals surface area contributed by atoms with Crippen LogP contribution in [0.25, 0.3) is 11.3 Å². The maximum absolute atomic E-state index is 13.5. The number of amides is 2. The molecule has 4 heterocycles. The predicted octanol–water partition coefficient (Wildman–Crippen LogP) is 3.96. The minimum Gasteiger partial charge on any atom is -0.488 e. The van der Waals surface area contributed by atoms with Crippen molar-refractivity contribution in [2.75, 3.05) is 41.4 Å². The van der Waals surface area contributed by atoms with Gasteiger partial charge in [0.25, 0.3) is 0 Å². The molecule has 1 aromatic carbocycles. The Morgan fingerprint density at radius 1 is 1.26 bits per heavy atom. The van der Waals surface area contributed by atoms with Crippen molar-refractivity contribution in [1.29, 1.82) is 0 Å². The van der Waals surface area contributed by atoms with E-state index in [2.05, 4.69) is 25.2 Å². The molecule has 3 N–H and O–H groups in total. The molecule has 2 atom stereocenters. The summed E-state index contributed by atoms with van der Waals surface area (Å²) in [5, 5.41) is 21.1. The zero-order valence-electron chi connectivity index (χ0n) is 20.4. The summed E-state index contributed by atoms with van der Waals surface area (Å²) in [6.07, 6.45) is -1.45. The van der Waals surface area contributed by atoms with E-state index in [0.29, 0.717) is 18.7 Å². The quantitative estimate of drug-likeness (QED) is 0.411. The summed E-state index contributed by atoms with van der Waals surface area (Å²) >= 11 is 6.51. The standard InChI is InChI=1S/C25H24ClF3N6O4/c26-19-8-20-22(32-21(19)14-3-1-4-15(7-14)25(27,28)29)35(16-5-2-6-34(20)11-16)24(38)33-23-30-9-18(10-31-23)39-13-17(37)12-36/h1,3-4,7-10,16-17,36-37H,2,5-6,11-13H2,(H,30,31,33,38)/t16-,17-/m0/s1. The first-order chi connectivity index (χ1) is 18.6. The molecule has 2 bridgehead atoms. The number of nitrogens with zero attached hydrogens (tertiary/aromatic N) is 5. The van der Waals surface area contributed by atoms with Crippen LogP contribution in [0.1, 0.15) is 18.4 Å². The highest BCUT2D eigenvalue weighted by atomic mass is 35.5. The number of halogens is 4. The third-order valence-electron chi connectivity index (χ3n) is 6.45. The lowest BCUT2D eigenvalue weighted by atomic mass is 9.99. The average Bonchev–Trinajstić information content (AvgIpc) is 2.92. The molecular weight excluding hydrogens is 541 g/mol. The number of carbonyl (C=O) groups excluding carboxylic acids is 1. The molecule has 2 aliphatic rings. The zero-order chi connectivity index (χ0) is 27.7. The Labute approximate surface area is 226 Å². The maximum Gasteiger partial charge on any atom is 0.416 e. The van der Waals surface area contributed by atoms with Crippen LogP contribution in [0.4, 0.5) is 35.4 Å². The van der Waals surface area contributed by atoms with E-state index in [0.717, 1.165) is 25.1 Å². The van der Waals surface area contributed by atoms with Crippen molar-refractivity contribution in [3.05, 3.63) is 53.3 Å². The molecule has 2 amide bonds. The van der Waals surface area contributed by atoms with E-state index in [1.54, 1.807) is 6.07 Å². The molecule has 0 unspecified atom stereocenters. The first-order valence-corrected chi connectivity index (χ1v) is 12.5. The Bertz CT molecular complexity index is 1360. The van der Waals surface area contributed by atoms with E-state index in [9.17, 15) is 23.1 Å². The second-order valence-electron chi connectivity index (χ2n) is 9.17. The van der Waals surface area contributed by atoms with Crippen LogP contribution in [-0.2, 0) is 6.18 Å². The van der Waals surface area contributed by atoms with Gasteiger partial charge >= 0.3 is 12.2 Å². The molecule has 1 saturated heterocycles. The minimum absolute atomic E-state index is 0.0121. The lowest BCUT2D eigenvalue weighted by molar-refractivity contribution is -0.137. The first-order valence-electron chi connectivity index (χ1n) is 12.1. The van der Waals surface area contributed by atoms with Crippen LogP contribution in [0.2, 0.25) is 5.02 Å². The van der Waals surface area contributed by atoms with E-state index in [-0.39, 0.29) is 46.4 Å². The van der Waals surface area contributed by atoms with Crippen LogP contribution in [0.15, 0.2) is 42.7 Å². The van der Waals surface area contributed by atoms with Gasteiger partial charge in [-0.3, -0.25) is 10.2 Å². The fourth-order valence-electron chi connectivity index (χ4n) is 4.60. The molecular formula is C25H24ClF3N6O4. The van der Waals surface area contributed by atoms with E-state index in [4.69, 9.17) is 21.4 Å². The Balaban J connectivity index is 1.45. The second kappa shape index (κ2) is 10.8. The number of pyridine rings is 1. The van der Waals surface area contributed by atoms with Gasteiger partial charge in [-0.25, -0.2) is 19.7 Å². The summed E-state index contributed by atoms with van der Waals surface area (Å²) in [6.45, 7) is 0.661. The van der Waals surface area contributed by atoms with Gasteiger partial charge < -0.3 is 19.8 Å². The number of aliphatic hydroxyl groups excluding tert-OH is 2. The van der Waals surface area contributed by atoms with Gasteiger partial charge in [-0.2, -0.15) is 13.2 Å². The molecule has 0 aliphatic carbocycles. The Morgan fingerprint density at radius 3 is 2.74 bits per heavy atom. The number of anilines is 3. The number of urea groups is 1. The van der Waals surface area contributed by atoms with Crippen molar-refractivity contribution in [3.63, 3.8) is 0 Å². The third kappa shape index (κ3) is 5.70. The fraction of sp³-hybridized carbons (Fsp3) is 0.360. The predicted molar refractivity (Wildman–Crippen MR) is 137 cm³/mol. The molecule has 0 radical (unpaired) electrons. The highest BCUT2D eigenvalue weighted by molar-refractivity contribution is 6.33. The number of carbonyl (C=O) groups is 1. The lowest BCUT2D eigenvalue weighted by Crippen LogP contribution is -2.56. The van der Waals surface area contributed by atoms with Crippen molar-refractivity contribution in [2.45, 2.75) is 31.2 Å². The van der Waals surface area contributed by atoms with Crippen LogP contribution in [0.5, 0.6) is 5.75 Å². The number of fused-ring (bicyclic) bond motifs is 4. The average molecular weight is 565 g/mol. The van der Waals surface area contributed by atoms with Crippen molar-refractivity contribution in [3.8, 4) is 17.0 Å². The summed E-state index contributed by atoms with van der Waals surface area (Å²) in [6, 6.07) is 5.55. The lowest BCUT2D eigenvalue weighted by Gasteiger charge is -2.45. The van der Waals surface area contributed by atoms with E-state index in [1.807, 2.05) is 0 Å². The normalized spacial score (nSPS) is 17.4. The van der Waals surface area contributed by atoms with Gasteiger partial charge in [0.1, 0.15) is 12.7 Å². The number of benzene rings is 1. The number of rotatable bonds is 6. The van der Waals surface area contributed by atoms with E-state index in [1.165, 1.54) is 29.4 Å². The van der Waals surface area contributed by atoms with Crippen LogP contribution in [0.3, 0.4) is 0 Å². The van der Waals surface area contributed by atoms with Crippen LogP contribution < -0.4 is 19.9 Å². The molecule has 14 heteroatoms.